The third kappa shape index (κ3) is 3.12. The number of hydrogen-bond donors (Lipinski definition) is 0. The van der Waals surface area contributed by atoms with Crippen LogP contribution in [0.2, 0.25) is 5.02 Å². The molecule has 0 saturated heterocycles. The number of benzene rings is 2. The molecule has 28 heavy (non-hydrogen) atoms. The smallest absolute Gasteiger partial charge is 0.138 e. The molecule has 0 saturated carbocycles. The lowest BCUT2D eigenvalue weighted by atomic mass is 9.99. The topological polar surface area (TPSA) is 33.4 Å². The molecule has 1 aliphatic rings. The Bertz CT molecular complexity index is 1070. The van der Waals surface area contributed by atoms with Gasteiger partial charge in [-0.3, -0.25) is 9.56 Å². The van der Waals surface area contributed by atoms with Gasteiger partial charge in [-0.2, -0.15) is 0 Å². The second-order valence-corrected chi connectivity index (χ2v) is 7.53. The summed E-state index contributed by atoms with van der Waals surface area (Å²) in [6.07, 6.45) is 1.81. The molecule has 3 aromatic rings. The third-order valence-corrected chi connectivity index (χ3v) is 4.93. The van der Waals surface area contributed by atoms with Crippen LogP contribution in [-0.4, -0.2) is 34.3 Å². The zero-order valence-electron chi connectivity index (χ0n) is 15.7. The lowest BCUT2D eigenvalue weighted by molar-refractivity contribution is 0.393. The molecule has 0 radical (unpaired) electrons. The lowest BCUT2D eigenvalue weighted by Crippen LogP contribution is -2.16. The number of fused-ring (bicyclic) bond motifs is 3. The van der Waals surface area contributed by atoms with Crippen molar-refractivity contribution in [1.82, 2.24) is 14.5 Å². The SMILES string of the molecule is CC1N=C(c2c(F)cccc2F)c2cc(Cl)ccc2-n2c(CN(C)C)cnc21. The van der Waals surface area contributed by atoms with Gasteiger partial charge in [0.05, 0.1) is 28.9 Å². The number of imidazole rings is 1. The molecular formula is C21H19ClF2N4. The van der Waals surface area contributed by atoms with Gasteiger partial charge in [0.1, 0.15) is 23.5 Å². The molecular weight excluding hydrogens is 382 g/mol. The largest absolute Gasteiger partial charge is 0.304 e. The Morgan fingerprint density at radius 1 is 1.14 bits per heavy atom. The zero-order chi connectivity index (χ0) is 20.0. The highest BCUT2D eigenvalue weighted by atomic mass is 35.5. The van der Waals surface area contributed by atoms with Gasteiger partial charge in [-0.1, -0.05) is 17.7 Å². The predicted octanol–water partition coefficient (Wildman–Crippen LogP) is 4.78. The molecule has 2 heterocycles. The highest BCUT2D eigenvalue weighted by molar-refractivity contribution is 6.31. The Morgan fingerprint density at radius 3 is 2.54 bits per heavy atom. The van der Waals surface area contributed by atoms with Crippen molar-refractivity contribution in [2.45, 2.75) is 19.5 Å². The van der Waals surface area contributed by atoms with E-state index in [9.17, 15) is 8.78 Å². The van der Waals surface area contributed by atoms with Gasteiger partial charge >= 0.3 is 0 Å². The maximum atomic E-state index is 14.6. The van der Waals surface area contributed by atoms with Crippen LogP contribution in [0.1, 0.15) is 35.6 Å². The third-order valence-electron chi connectivity index (χ3n) is 4.69. The van der Waals surface area contributed by atoms with E-state index in [-0.39, 0.29) is 11.3 Å². The summed E-state index contributed by atoms with van der Waals surface area (Å²) in [6, 6.07) is 8.71. The van der Waals surface area contributed by atoms with Gasteiger partial charge in [-0.25, -0.2) is 13.8 Å². The summed E-state index contributed by atoms with van der Waals surface area (Å²) < 4.78 is 31.2. The minimum Gasteiger partial charge on any atom is -0.304 e. The monoisotopic (exact) mass is 400 g/mol. The van der Waals surface area contributed by atoms with E-state index in [0.29, 0.717) is 23.0 Å². The van der Waals surface area contributed by atoms with Crippen molar-refractivity contribution in [3.05, 3.63) is 81.9 Å². The van der Waals surface area contributed by atoms with Gasteiger partial charge in [0.2, 0.25) is 0 Å². The second kappa shape index (κ2) is 7.11. The first-order chi connectivity index (χ1) is 13.4. The van der Waals surface area contributed by atoms with Crippen LogP contribution in [0, 0.1) is 11.6 Å². The van der Waals surface area contributed by atoms with Crippen molar-refractivity contribution < 1.29 is 8.78 Å². The van der Waals surface area contributed by atoms with E-state index in [2.05, 4.69) is 9.98 Å². The lowest BCUT2D eigenvalue weighted by Gasteiger charge is -2.17. The van der Waals surface area contributed by atoms with Crippen LogP contribution in [0.15, 0.2) is 47.6 Å². The Morgan fingerprint density at radius 2 is 1.86 bits per heavy atom. The summed E-state index contributed by atoms with van der Waals surface area (Å²) in [5.74, 6) is -0.609. The number of aliphatic imine (C=N–C) groups is 1. The molecule has 0 aliphatic carbocycles. The average molecular weight is 401 g/mol. The van der Waals surface area contributed by atoms with Gasteiger partial charge < -0.3 is 4.90 Å². The fraction of sp³-hybridized carbons (Fsp3) is 0.238. The van der Waals surface area contributed by atoms with E-state index < -0.39 is 17.7 Å². The highest BCUT2D eigenvalue weighted by Gasteiger charge is 2.28. The van der Waals surface area contributed by atoms with E-state index in [1.807, 2.05) is 42.7 Å². The maximum absolute atomic E-state index is 14.6. The summed E-state index contributed by atoms with van der Waals surface area (Å²) in [4.78, 5) is 11.3. The Labute approximate surface area is 167 Å². The van der Waals surface area contributed by atoms with Gasteiger partial charge in [-0.15, -0.1) is 0 Å². The minimum atomic E-state index is -0.662. The zero-order valence-corrected chi connectivity index (χ0v) is 16.5. The minimum absolute atomic E-state index is 0.155. The molecule has 144 valence electrons. The normalized spacial score (nSPS) is 15.8. The molecule has 4 rings (SSSR count). The molecule has 1 aliphatic heterocycles. The van der Waals surface area contributed by atoms with Crippen molar-refractivity contribution in [3.8, 4) is 5.69 Å². The molecule has 1 unspecified atom stereocenters. The molecule has 2 aromatic carbocycles. The fourth-order valence-electron chi connectivity index (χ4n) is 3.55. The molecule has 7 heteroatoms. The van der Waals surface area contributed by atoms with E-state index in [1.54, 1.807) is 12.1 Å². The highest BCUT2D eigenvalue weighted by Crippen LogP contribution is 2.34. The Hall–Kier alpha value is -2.57. The van der Waals surface area contributed by atoms with Crippen LogP contribution < -0.4 is 0 Å². The first-order valence-corrected chi connectivity index (χ1v) is 9.28. The second-order valence-electron chi connectivity index (χ2n) is 7.09. The first kappa shape index (κ1) is 18.8. The number of aromatic nitrogens is 2. The number of nitrogens with zero attached hydrogens (tertiary/aromatic N) is 4. The average Bonchev–Trinajstić information content (AvgIpc) is 2.98. The molecule has 0 bridgehead atoms. The Balaban J connectivity index is 2.03. The maximum Gasteiger partial charge on any atom is 0.138 e. The van der Waals surface area contributed by atoms with Gasteiger partial charge in [0.15, 0.2) is 0 Å². The standard InChI is InChI=1S/C21H19ClF2N4/c1-12-21-25-10-14(11-27(2)3)28(21)18-8-7-13(22)9-15(18)20(26-12)19-16(23)5-4-6-17(19)24/h4-10,12H,11H2,1-3H3. The van der Waals surface area contributed by atoms with Crippen molar-refractivity contribution in [2.75, 3.05) is 14.1 Å². The van der Waals surface area contributed by atoms with E-state index >= 15 is 0 Å². The van der Waals surface area contributed by atoms with E-state index in [0.717, 1.165) is 11.4 Å². The molecule has 0 amide bonds. The van der Waals surface area contributed by atoms with Crippen molar-refractivity contribution >= 4 is 17.3 Å². The van der Waals surface area contributed by atoms with Crippen LogP contribution in [-0.2, 0) is 6.54 Å². The van der Waals surface area contributed by atoms with Gasteiger partial charge in [0.25, 0.3) is 0 Å². The molecule has 0 fully saturated rings. The Kier molecular flexibility index (Phi) is 4.77. The van der Waals surface area contributed by atoms with Crippen molar-refractivity contribution in [1.29, 1.82) is 0 Å². The molecule has 0 spiro atoms. The van der Waals surface area contributed by atoms with E-state index in [4.69, 9.17) is 11.6 Å². The summed E-state index contributed by atoms with van der Waals surface area (Å²) >= 11 is 6.25. The molecule has 0 N–H and O–H groups in total. The summed E-state index contributed by atoms with van der Waals surface area (Å²) in [6.45, 7) is 2.52. The number of rotatable bonds is 3. The van der Waals surface area contributed by atoms with Crippen LogP contribution in [0.25, 0.3) is 5.69 Å². The number of hydrogen-bond acceptors (Lipinski definition) is 3. The van der Waals surface area contributed by atoms with Crippen LogP contribution >= 0.6 is 11.6 Å². The van der Waals surface area contributed by atoms with Crippen LogP contribution in [0.3, 0.4) is 0 Å². The number of halogens is 3. The fourth-order valence-corrected chi connectivity index (χ4v) is 3.72. The van der Waals surface area contributed by atoms with Gasteiger partial charge in [0, 0.05) is 17.1 Å². The summed E-state index contributed by atoms with van der Waals surface area (Å²) in [7, 11) is 3.94. The molecule has 1 aromatic heterocycles. The van der Waals surface area contributed by atoms with E-state index in [1.165, 1.54) is 18.2 Å². The molecule has 4 nitrogen and oxygen atoms in total. The first-order valence-electron chi connectivity index (χ1n) is 8.90. The van der Waals surface area contributed by atoms with Gasteiger partial charge in [-0.05, 0) is 51.4 Å². The van der Waals surface area contributed by atoms with Crippen LogP contribution in [0.5, 0.6) is 0 Å². The van der Waals surface area contributed by atoms with Crippen LogP contribution in [0.4, 0.5) is 8.78 Å². The predicted molar refractivity (Wildman–Crippen MR) is 106 cm³/mol. The quantitative estimate of drug-likeness (QED) is 0.634. The van der Waals surface area contributed by atoms with Crippen molar-refractivity contribution in [2.24, 2.45) is 4.99 Å². The summed E-state index contributed by atoms with van der Waals surface area (Å²) in [5.41, 5.74) is 2.36. The summed E-state index contributed by atoms with van der Waals surface area (Å²) in [5, 5.41) is 0.466. The van der Waals surface area contributed by atoms with Crippen molar-refractivity contribution in [3.63, 3.8) is 0 Å². The molecule has 1 atom stereocenters.